The van der Waals surface area contributed by atoms with Gasteiger partial charge in [0.15, 0.2) is 5.16 Å². The predicted octanol–water partition coefficient (Wildman–Crippen LogP) is 3.10. The van der Waals surface area contributed by atoms with Crippen molar-refractivity contribution in [3.05, 3.63) is 42.2 Å². The number of rotatable bonds is 5. The Balaban J connectivity index is 1.76. The Kier molecular flexibility index (Phi) is 5.33. The van der Waals surface area contributed by atoms with Gasteiger partial charge in [0, 0.05) is 13.1 Å². The highest BCUT2D eigenvalue weighted by Gasteiger charge is 2.26. The lowest BCUT2D eigenvalue weighted by Crippen LogP contribution is -2.38. The Bertz CT molecular complexity index is 637. The van der Waals surface area contributed by atoms with Gasteiger partial charge in [0.25, 0.3) is 0 Å². The summed E-state index contributed by atoms with van der Waals surface area (Å²) in [5.74, 6) is 0.0658. The van der Waals surface area contributed by atoms with Gasteiger partial charge in [-0.25, -0.2) is 0 Å². The molecule has 6 heteroatoms. The molecule has 23 heavy (non-hydrogen) atoms. The number of nitrogens with one attached hydrogen (secondary N) is 1. The number of carbonyl (C=O) groups excluding carboxylic acids is 1. The van der Waals surface area contributed by atoms with E-state index >= 15 is 0 Å². The fourth-order valence-corrected chi connectivity index (χ4v) is 3.90. The Labute approximate surface area is 140 Å². The van der Waals surface area contributed by atoms with Crippen LogP contribution in [0.2, 0.25) is 0 Å². The first-order chi connectivity index (χ1) is 11.2. The zero-order valence-electron chi connectivity index (χ0n) is 13.3. The number of hydrogen-bond donors (Lipinski definition) is 1. The van der Waals surface area contributed by atoms with Crippen LogP contribution in [-0.2, 0) is 11.8 Å². The molecule has 1 aliphatic carbocycles. The van der Waals surface area contributed by atoms with Crippen molar-refractivity contribution in [2.45, 2.75) is 48.6 Å². The van der Waals surface area contributed by atoms with Crippen LogP contribution in [0, 0.1) is 0 Å². The summed E-state index contributed by atoms with van der Waals surface area (Å²) < 4.78 is 1.84. The number of carbonyl (C=O) groups is 1. The van der Waals surface area contributed by atoms with Gasteiger partial charge in [-0.05, 0) is 18.4 Å². The third-order valence-corrected chi connectivity index (χ3v) is 5.49. The molecule has 3 rings (SSSR count). The van der Waals surface area contributed by atoms with E-state index in [0.717, 1.165) is 23.6 Å². The molecule has 1 aliphatic rings. The van der Waals surface area contributed by atoms with E-state index in [1.807, 2.05) is 41.9 Å². The maximum absolute atomic E-state index is 12.9. The van der Waals surface area contributed by atoms with E-state index in [1.165, 1.54) is 31.0 Å². The van der Waals surface area contributed by atoms with Gasteiger partial charge < -0.3 is 9.88 Å². The van der Waals surface area contributed by atoms with Gasteiger partial charge in [0.1, 0.15) is 11.6 Å². The number of aryl methyl sites for hydroxylation is 1. The monoisotopic (exact) mass is 330 g/mol. The smallest absolute Gasteiger partial charge is 0.238 e. The molecular formula is C17H22N4OS. The fourth-order valence-electron chi connectivity index (χ4n) is 2.91. The molecule has 1 N–H and O–H groups in total. The van der Waals surface area contributed by atoms with Crippen LogP contribution >= 0.6 is 11.8 Å². The van der Waals surface area contributed by atoms with Crippen molar-refractivity contribution in [1.29, 1.82) is 0 Å². The molecule has 0 bridgehead atoms. The van der Waals surface area contributed by atoms with Crippen molar-refractivity contribution in [3.63, 3.8) is 0 Å². The normalized spacial score (nSPS) is 16.9. The highest BCUT2D eigenvalue weighted by molar-refractivity contribution is 8.00. The second kappa shape index (κ2) is 7.64. The number of aromatic nitrogens is 3. The Morgan fingerprint density at radius 1 is 1.26 bits per heavy atom. The van der Waals surface area contributed by atoms with E-state index in [9.17, 15) is 4.79 Å². The first-order valence-corrected chi connectivity index (χ1v) is 8.98. The number of thioether (sulfide) groups is 1. The lowest BCUT2D eigenvalue weighted by molar-refractivity contribution is -0.121. The van der Waals surface area contributed by atoms with E-state index < -0.39 is 0 Å². The lowest BCUT2D eigenvalue weighted by atomic mass is 9.95. The van der Waals surface area contributed by atoms with E-state index in [2.05, 4.69) is 15.5 Å². The summed E-state index contributed by atoms with van der Waals surface area (Å²) >= 11 is 1.45. The molecular weight excluding hydrogens is 308 g/mol. The van der Waals surface area contributed by atoms with Crippen molar-refractivity contribution in [2.24, 2.45) is 7.05 Å². The maximum atomic E-state index is 12.9. The number of amides is 1. The Morgan fingerprint density at radius 2 is 2.00 bits per heavy atom. The van der Waals surface area contributed by atoms with Gasteiger partial charge in [0.2, 0.25) is 5.91 Å². The van der Waals surface area contributed by atoms with Gasteiger partial charge in [-0.3, -0.25) is 4.79 Å². The van der Waals surface area contributed by atoms with Crippen molar-refractivity contribution >= 4 is 17.7 Å². The second-order valence-electron chi connectivity index (χ2n) is 5.98. The summed E-state index contributed by atoms with van der Waals surface area (Å²) in [4.78, 5) is 12.9. The minimum Gasteiger partial charge on any atom is -0.352 e. The molecule has 0 saturated heterocycles. The molecule has 0 aliphatic heterocycles. The molecule has 1 aromatic heterocycles. The third-order valence-electron chi connectivity index (χ3n) is 4.19. The second-order valence-corrected chi connectivity index (χ2v) is 7.05. The van der Waals surface area contributed by atoms with Gasteiger partial charge in [-0.1, -0.05) is 61.4 Å². The van der Waals surface area contributed by atoms with Crippen LogP contribution in [0.4, 0.5) is 0 Å². The van der Waals surface area contributed by atoms with Crippen LogP contribution < -0.4 is 5.32 Å². The molecule has 2 aromatic rings. The first kappa shape index (κ1) is 16.1. The number of nitrogens with zero attached hydrogens (tertiary/aromatic N) is 3. The largest absolute Gasteiger partial charge is 0.352 e. The first-order valence-electron chi connectivity index (χ1n) is 8.10. The van der Waals surface area contributed by atoms with Crippen LogP contribution in [-0.4, -0.2) is 26.7 Å². The standard InChI is InChI=1S/C17H22N4OS/c1-21-12-18-20-17(21)23-15(13-8-4-2-5-9-13)16(22)19-14-10-6-3-7-11-14/h2,4-5,8-9,12,14-15H,3,6-7,10-11H2,1H3,(H,19,22)/t15-/m0/s1. The van der Waals surface area contributed by atoms with Crippen molar-refractivity contribution in [1.82, 2.24) is 20.1 Å². The molecule has 1 fully saturated rings. The fraction of sp³-hybridized carbons (Fsp3) is 0.471. The Morgan fingerprint density at radius 3 is 2.65 bits per heavy atom. The zero-order valence-corrected chi connectivity index (χ0v) is 14.1. The lowest BCUT2D eigenvalue weighted by Gasteiger charge is -2.25. The van der Waals surface area contributed by atoms with E-state index in [1.54, 1.807) is 6.33 Å². The molecule has 1 amide bonds. The maximum Gasteiger partial charge on any atom is 0.238 e. The van der Waals surface area contributed by atoms with Crippen LogP contribution in [0.1, 0.15) is 42.9 Å². The molecule has 1 heterocycles. The number of benzene rings is 1. The zero-order chi connectivity index (χ0) is 16.1. The topological polar surface area (TPSA) is 59.8 Å². The summed E-state index contributed by atoms with van der Waals surface area (Å²) in [5.41, 5.74) is 0.994. The summed E-state index contributed by atoms with van der Waals surface area (Å²) in [6.07, 6.45) is 7.52. The highest BCUT2D eigenvalue weighted by Crippen LogP contribution is 2.34. The van der Waals surface area contributed by atoms with Crippen LogP contribution in [0.25, 0.3) is 0 Å². The molecule has 0 radical (unpaired) electrons. The minimum absolute atomic E-state index is 0.0658. The SMILES string of the molecule is Cn1cnnc1S[C@H](C(=O)NC1CCCCC1)c1ccccc1. The third kappa shape index (κ3) is 4.13. The van der Waals surface area contributed by atoms with Crippen molar-refractivity contribution in [2.75, 3.05) is 0 Å². The molecule has 5 nitrogen and oxygen atoms in total. The van der Waals surface area contributed by atoms with Crippen LogP contribution in [0.5, 0.6) is 0 Å². The molecule has 1 aromatic carbocycles. The summed E-state index contributed by atoms with van der Waals surface area (Å²) in [5, 5.41) is 11.7. The predicted molar refractivity (Wildman–Crippen MR) is 91.1 cm³/mol. The number of hydrogen-bond acceptors (Lipinski definition) is 4. The van der Waals surface area contributed by atoms with E-state index in [0.29, 0.717) is 6.04 Å². The molecule has 0 unspecified atom stereocenters. The van der Waals surface area contributed by atoms with E-state index in [4.69, 9.17) is 0 Å². The highest BCUT2D eigenvalue weighted by atomic mass is 32.2. The summed E-state index contributed by atoms with van der Waals surface area (Å²) in [6.45, 7) is 0. The summed E-state index contributed by atoms with van der Waals surface area (Å²) in [6, 6.07) is 10.2. The average molecular weight is 330 g/mol. The molecule has 1 saturated carbocycles. The molecule has 1 atom stereocenters. The minimum atomic E-state index is -0.305. The average Bonchev–Trinajstić information content (AvgIpc) is 2.99. The van der Waals surface area contributed by atoms with Gasteiger partial charge in [-0.2, -0.15) is 0 Å². The van der Waals surface area contributed by atoms with E-state index in [-0.39, 0.29) is 11.2 Å². The van der Waals surface area contributed by atoms with Gasteiger partial charge in [-0.15, -0.1) is 10.2 Å². The van der Waals surface area contributed by atoms with Crippen molar-refractivity contribution < 1.29 is 4.79 Å². The van der Waals surface area contributed by atoms with Gasteiger partial charge >= 0.3 is 0 Å². The molecule has 0 spiro atoms. The van der Waals surface area contributed by atoms with Crippen LogP contribution in [0.15, 0.2) is 41.8 Å². The summed E-state index contributed by atoms with van der Waals surface area (Å²) in [7, 11) is 1.89. The van der Waals surface area contributed by atoms with Crippen LogP contribution in [0.3, 0.4) is 0 Å². The van der Waals surface area contributed by atoms with Gasteiger partial charge in [0.05, 0.1) is 0 Å². The van der Waals surface area contributed by atoms with Crippen molar-refractivity contribution in [3.8, 4) is 0 Å². The Hall–Kier alpha value is -1.82. The molecule has 122 valence electrons. The quantitative estimate of drug-likeness (QED) is 0.856.